The van der Waals surface area contributed by atoms with Crippen molar-refractivity contribution in [3.05, 3.63) is 47.4 Å². The summed E-state index contributed by atoms with van der Waals surface area (Å²) in [6, 6.07) is 5.52. The lowest BCUT2D eigenvalue weighted by molar-refractivity contribution is -0.178. The molecule has 1 unspecified atom stereocenters. The topological polar surface area (TPSA) is 92.2 Å². The van der Waals surface area contributed by atoms with Crippen LogP contribution in [0.25, 0.3) is 10.9 Å². The van der Waals surface area contributed by atoms with Gasteiger partial charge in [0.05, 0.1) is 36.4 Å². The molecule has 1 saturated heterocycles. The van der Waals surface area contributed by atoms with Crippen LogP contribution in [0.3, 0.4) is 0 Å². The fourth-order valence-corrected chi connectivity index (χ4v) is 8.25. The lowest BCUT2D eigenvalue weighted by Gasteiger charge is -2.58. The average Bonchev–Trinajstić information content (AvgIpc) is 3.45. The number of alkyl halides is 6. The van der Waals surface area contributed by atoms with Gasteiger partial charge in [-0.1, -0.05) is 6.07 Å². The van der Waals surface area contributed by atoms with E-state index in [9.17, 15) is 34.8 Å². The quantitative estimate of drug-likeness (QED) is 0.348. The second kappa shape index (κ2) is 9.90. The van der Waals surface area contributed by atoms with Gasteiger partial charge >= 0.3 is 12.4 Å². The van der Waals surface area contributed by atoms with Crippen molar-refractivity contribution >= 4 is 26.6 Å². The van der Waals surface area contributed by atoms with E-state index in [1.54, 1.807) is 6.20 Å². The van der Waals surface area contributed by atoms with E-state index in [1.807, 2.05) is 18.2 Å². The minimum Gasteiger partial charge on any atom is -0.376 e. The highest BCUT2D eigenvalue weighted by atomic mass is 32.2. The highest BCUT2D eigenvalue weighted by molar-refractivity contribution is 7.93. The molecule has 0 radical (unpaired) electrons. The van der Waals surface area contributed by atoms with E-state index in [1.165, 1.54) is 11.1 Å². The number of rotatable bonds is 9. The summed E-state index contributed by atoms with van der Waals surface area (Å²) >= 11 is 0. The first-order chi connectivity index (χ1) is 19.2. The smallest absolute Gasteiger partial charge is 0.376 e. The zero-order valence-electron chi connectivity index (χ0n) is 21.9. The van der Waals surface area contributed by atoms with Crippen LogP contribution in [0.2, 0.25) is 0 Å². The second-order valence-corrected chi connectivity index (χ2v) is 13.7. The van der Waals surface area contributed by atoms with E-state index in [-0.39, 0.29) is 31.0 Å². The first kappa shape index (κ1) is 28.3. The number of ether oxygens (including phenoxy) is 1. The Labute approximate surface area is 232 Å². The highest BCUT2D eigenvalue weighted by Gasteiger charge is 2.57. The van der Waals surface area contributed by atoms with Gasteiger partial charge in [0, 0.05) is 36.4 Å². The standard InChI is InChI=1S/C26H29F6N5O3S/c27-25(28,29)14-36-12-24(13-36)6-19(7-24)41(38,39)35-23-8-33-21-2-1-16(4-20(21)23)10-40-11-17-3-18-9-37(15-26(30,31)32)34-22(18)5-17/h1-2,4,8-9,17,19,33,35H,3,5-7,10-15H2. The Balaban J connectivity index is 1.00. The molecule has 2 aromatic heterocycles. The van der Waals surface area contributed by atoms with Gasteiger partial charge < -0.3 is 9.72 Å². The number of hydrogen-bond acceptors (Lipinski definition) is 5. The van der Waals surface area contributed by atoms with E-state index in [2.05, 4.69) is 14.8 Å². The first-order valence-electron chi connectivity index (χ1n) is 13.3. The van der Waals surface area contributed by atoms with Crippen molar-refractivity contribution in [2.45, 2.75) is 56.4 Å². The number of H-pyrrole nitrogens is 1. The van der Waals surface area contributed by atoms with Crippen LogP contribution < -0.4 is 4.72 Å². The molecule has 8 nitrogen and oxygen atoms in total. The molecule has 1 aliphatic heterocycles. The molecule has 1 spiro atoms. The Morgan fingerprint density at radius 2 is 1.80 bits per heavy atom. The van der Waals surface area contributed by atoms with Crippen molar-refractivity contribution in [3.8, 4) is 0 Å². The van der Waals surface area contributed by atoms with Crippen molar-refractivity contribution in [3.63, 3.8) is 0 Å². The molecule has 3 aliphatic rings. The maximum absolute atomic E-state index is 13.0. The zero-order valence-corrected chi connectivity index (χ0v) is 22.7. The van der Waals surface area contributed by atoms with Crippen molar-refractivity contribution in [2.24, 2.45) is 11.3 Å². The van der Waals surface area contributed by atoms with Crippen LogP contribution in [0.5, 0.6) is 0 Å². The number of sulfonamides is 1. The summed E-state index contributed by atoms with van der Waals surface area (Å²) < 4.78 is 111. The van der Waals surface area contributed by atoms with Gasteiger partial charge in [-0.05, 0) is 60.3 Å². The lowest BCUT2D eigenvalue weighted by atomic mass is 9.63. The number of anilines is 1. The molecular weight excluding hydrogens is 576 g/mol. The summed E-state index contributed by atoms with van der Waals surface area (Å²) in [7, 11) is -3.72. The Bertz CT molecular complexity index is 1510. The maximum Gasteiger partial charge on any atom is 0.408 e. The van der Waals surface area contributed by atoms with E-state index >= 15 is 0 Å². The minimum atomic E-state index is -4.32. The predicted molar refractivity (Wildman–Crippen MR) is 138 cm³/mol. The molecule has 3 heterocycles. The molecule has 41 heavy (non-hydrogen) atoms. The van der Waals surface area contributed by atoms with Crippen LogP contribution in [-0.4, -0.2) is 71.9 Å². The molecular formula is C26H29F6N5O3S. The normalized spacial score (nSPS) is 21.3. The molecule has 6 rings (SSSR count). The summed E-state index contributed by atoms with van der Waals surface area (Å²) in [6.07, 6.45) is -3.74. The molecule has 3 aromatic rings. The zero-order chi connectivity index (χ0) is 29.2. The van der Waals surface area contributed by atoms with Crippen molar-refractivity contribution in [1.29, 1.82) is 0 Å². The van der Waals surface area contributed by atoms with Gasteiger partial charge in [-0.2, -0.15) is 31.4 Å². The van der Waals surface area contributed by atoms with Gasteiger partial charge in [0.2, 0.25) is 10.0 Å². The molecule has 1 saturated carbocycles. The largest absolute Gasteiger partial charge is 0.408 e. The Morgan fingerprint density at radius 1 is 1.07 bits per heavy atom. The Kier molecular flexibility index (Phi) is 6.85. The molecule has 2 aliphatic carbocycles. The number of nitrogens with one attached hydrogen (secondary N) is 2. The number of halogens is 6. The van der Waals surface area contributed by atoms with Crippen LogP contribution in [0.4, 0.5) is 32.0 Å². The van der Waals surface area contributed by atoms with Crippen LogP contribution in [-0.2, 0) is 40.8 Å². The third-order valence-electron chi connectivity index (χ3n) is 8.16. The molecule has 2 N–H and O–H groups in total. The van der Waals surface area contributed by atoms with Gasteiger partial charge in [0.1, 0.15) is 6.54 Å². The fourth-order valence-electron chi connectivity index (χ4n) is 6.46. The summed E-state index contributed by atoms with van der Waals surface area (Å²) in [6.45, 7) is -0.869. The highest BCUT2D eigenvalue weighted by Crippen LogP contribution is 2.51. The summed E-state index contributed by atoms with van der Waals surface area (Å²) in [5.74, 6) is 0.119. The maximum atomic E-state index is 13.0. The van der Waals surface area contributed by atoms with Gasteiger partial charge in [0.15, 0.2) is 0 Å². The number of nitrogens with zero attached hydrogens (tertiary/aromatic N) is 3. The number of likely N-dealkylation sites (tertiary alicyclic amines) is 1. The number of aromatic amines is 1. The van der Waals surface area contributed by atoms with Gasteiger partial charge in [0.25, 0.3) is 0 Å². The molecule has 2 fully saturated rings. The number of hydrogen-bond donors (Lipinski definition) is 2. The predicted octanol–water partition coefficient (Wildman–Crippen LogP) is 4.63. The summed E-state index contributed by atoms with van der Waals surface area (Å²) in [4.78, 5) is 4.35. The molecule has 224 valence electrons. The molecule has 15 heteroatoms. The van der Waals surface area contributed by atoms with Crippen LogP contribution in [0.15, 0.2) is 30.6 Å². The number of aromatic nitrogens is 3. The Morgan fingerprint density at radius 3 is 2.49 bits per heavy atom. The lowest BCUT2D eigenvalue weighted by Crippen LogP contribution is -2.66. The van der Waals surface area contributed by atoms with Gasteiger partial charge in [-0.15, -0.1) is 0 Å². The van der Waals surface area contributed by atoms with Crippen molar-refractivity contribution < 1.29 is 39.5 Å². The molecule has 0 bridgehead atoms. The summed E-state index contributed by atoms with van der Waals surface area (Å²) in [5, 5.41) is 4.07. The number of fused-ring (bicyclic) bond motifs is 2. The van der Waals surface area contributed by atoms with E-state index in [4.69, 9.17) is 4.74 Å². The first-order valence-corrected chi connectivity index (χ1v) is 14.8. The van der Waals surface area contributed by atoms with E-state index in [0.29, 0.717) is 49.1 Å². The third kappa shape index (κ3) is 6.21. The second-order valence-electron chi connectivity index (χ2n) is 11.7. The minimum absolute atomic E-state index is 0.119. The fraction of sp³-hybridized carbons (Fsp3) is 0.577. The van der Waals surface area contributed by atoms with Gasteiger partial charge in [-0.25, -0.2) is 8.42 Å². The van der Waals surface area contributed by atoms with Crippen LogP contribution in [0.1, 0.15) is 29.7 Å². The summed E-state index contributed by atoms with van der Waals surface area (Å²) in [5.41, 5.74) is 3.08. The van der Waals surface area contributed by atoms with Crippen molar-refractivity contribution in [2.75, 3.05) is 31.0 Å². The van der Waals surface area contributed by atoms with Gasteiger partial charge in [-0.3, -0.25) is 14.3 Å². The monoisotopic (exact) mass is 605 g/mol. The van der Waals surface area contributed by atoms with Crippen LogP contribution in [0, 0.1) is 11.3 Å². The molecule has 1 aromatic carbocycles. The van der Waals surface area contributed by atoms with E-state index < -0.39 is 40.7 Å². The number of benzene rings is 1. The average molecular weight is 606 g/mol. The molecule has 1 atom stereocenters. The van der Waals surface area contributed by atoms with Crippen LogP contribution >= 0.6 is 0 Å². The Hall–Kier alpha value is -2.78. The third-order valence-corrected chi connectivity index (χ3v) is 9.87. The van der Waals surface area contributed by atoms with Crippen molar-refractivity contribution in [1.82, 2.24) is 19.7 Å². The van der Waals surface area contributed by atoms with E-state index in [0.717, 1.165) is 21.3 Å². The molecule has 0 amide bonds. The SMILES string of the molecule is O=S(=O)(Nc1c[nH]c2ccc(COCC3Cc4cn(CC(F)(F)F)nc4C3)cc12)C1CC2(C1)CN(CC(F)(F)F)C2.